The van der Waals surface area contributed by atoms with Crippen molar-refractivity contribution in [1.29, 1.82) is 0 Å². The molecule has 0 saturated carbocycles. The van der Waals surface area contributed by atoms with Crippen molar-refractivity contribution in [2.45, 2.75) is 46.8 Å². The van der Waals surface area contributed by atoms with Gasteiger partial charge < -0.3 is 10.6 Å². The zero-order valence-corrected chi connectivity index (χ0v) is 20.1. The van der Waals surface area contributed by atoms with Gasteiger partial charge in [-0.2, -0.15) is 0 Å². The molecule has 0 radical (unpaired) electrons. The summed E-state index contributed by atoms with van der Waals surface area (Å²) >= 11 is 1.72. The van der Waals surface area contributed by atoms with Gasteiger partial charge in [-0.15, -0.1) is 35.3 Å². The summed E-state index contributed by atoms with van der Waals surface area (Å²) < 4.78 is 0. The van der Waals surface area contributed by atoms with E-state index in [2.05, 4.69) is 83.7 Å². The lowest BCUT2D eigenvalue weighted by molar-refractivity contribution is 0.249. The van der Waals surface area contributed by atoms with E-state index in [0.29, 0.717) is 12.6 Å². The van der Waals surface area contributed by atoms with Crippen LogP contribution in [-0.2, 0) is 13.1 Å². The fourth-order valence-electron chi connectivity index (χ4n) is 2.52. The van der Waals surface area contributed by atoms with Crippen molar-refractivity contribution in [3.8, 4) is 0 Å². The van der Waals surface area contributed by atoms with Crippen LogP contribution in [0.15, 0.2) is 35.3 Å². The molecule has 1 unspecified atom stereocenters. The maximum absolute atomic E-state index is 4.68. The number of hydrogen-bond acceptors (Lipinski definition) is 4. The molecule has 150 valence electrons. The maximum Gasteiger partial charge on any atom is 0.191 e. The van der Waals surface area contributed by atoms with E-state index in [0.717, 1.165) is 36.3 Å². The molecule has 0 bridgehead atoms. The van der Waals surface area contributed by atoms with Gasteiger partial charge in [-0.05, 0) is 40.3 Å². The van der Waals surface area contributed by atoms with Crippen molar-refractivity contribution >= 4 is 41.3 Å². The van der Waals surface area contributed by atoms with Crippen LogP contribution in [0, 0.1) is 13.8 Å². The first kappa shape index (κ1) is 23.8. The highest BCUT2D eigenvalue weighted by molar-refractivity contribution is 14.0. The van der Waals surface area contributed by atoms with Crippen LogP contribution in [-0.4, -0.2) is 42.0 Å². The van der Waals surface area contributed by atoms with E-state index in [1.54, 1.807) is 11.3 Å². The fraction of sp³-hybridized carbons (Fsp3) is 0.500. The minimum absolute atomic E-state index is 0. The van der Waals surface area contributed by atoms with Gasteiger partial charge in [0.15, 0.2) is 5.96 Å². The third-order valence-corrected chi connectivity index (χ3v) is 5.44. The third kappa shape index (κ3) is 8.15. The summed E-state index contributed by atoms with van der Waals surface area (Å²) in [7, 11) is 2.16. The molecular weight excluding hydrogens is 469 g/mol. The molecular formula is C20H32IN5S. The number of rotatable bonds is 8. The highest BCUT2D eigenvalue weighted by Crippen LogP contribution is 2.16. The number of aliphatic imine (C=N–C) groups is 1. The lowest BCUT2D eigenvalue weighted by Crippen LogP contribution is -2.44. The second-order valence-electron chi connectivity index (χ2n) is 6.58. The van der Waals surface area contributed by atoms with E-state index in [1.165, 1.54) is 10.4 Å². The summed E-state index contributed by atoms with van der Waals surface area (Å²) in [6, 6.07) is 11.0. The first-order valence-corrected chi connectivity index (χ1v) is 10.0. The summed E-state index contributed by atoms with van der Waals surface area (Å²) in [4.78, 5) is 12.9. The molecule has 0 saturated heterocycles. The number of aryl methyl sites for hydroxylation is 2. The summed E-state index contributed by atoms with van der Waals surface area (Å²) in [5.41, 5.74) is 2.44. The third-order valence-electron chi connectivity index (χ3n) is 4.38. The minimum Gasteiger partial charge on any atom is -0.357 e. The molecule has 2 aromatic rings. The number of nitrogens with one attached hydrogen (secondary N) is 2. The van der Waals surface area contributed by atoms with Crippen LogP contribution in [0.3, 0.4) is 0 Å². The van der Waals surface area contributed by atoms with Crippen LogP contribution in [0.5, 0.6) is 0 Å². The van der Waals surface area contributed by atoms with E-state index in [1.807, 2.05) is 6.92 Å². The van der Waals surface area contributed by atoms with Crippen LogP contribution in [0.25, 0.3) is 0 Å². The summed E-state index contributed by atoms with van der Waals surface area (Å²) in [5, 5.41) is 7.83. The molecule has 0 aliphatic heterocycles. The van der Waals surface area contributed by atoms with Crippen LogP contribution in [0.2, 0.25) is 0 Å². The Morgan fingerprint density at radius 3 is 2.52 bits per heavy atom. The lowest BCUT2D eigenvalue weighted by atomic mass is 10.2. The average Bonchev–Trinajstić information content (AvgIpc) is 2.95. The summed E-state index contributed by atoms with van der Waals surface area (Å²) in [5.74, 6) is 0.845. The maximum atomic E-state index is 4.68. The number of halogens is 1. The van der Waals surface area contributed by atoms with Crippen LogP contribution in [0.4, 0.5) is 0 Å². The van der Waals surface area contributed by atoms with E-state index >= 15 is 0 Å². The number of guanidine groups is 1. The van der Waals surface area contributed by atoms with Crippen LogP contribution < -0.4 is 10.6 Å². The van der Waals surface area contributed by atoms with Crippen molar-refractivity contribution in [1.82, 2.24) is 20.5 Å². The lowest BCUT2D eigenvalue weighted by Gasteiger charge is -2.25. The quantitative estimate of drug-likeness (QED) is 0.327. The summed E-state index contributed by atoms with van der Waals surface area (Å²) in [6.07, 6.45) is 0. The highest BCUT2D eigenvalue weighted by Gasteiger charge is 2.11. The molecule has 0 aliphatic rings. The van der Waals surface area contributed by atoms with E-state index in [9.17, 15) is 0 Å². The van der Waals surface area contributed by atoms with Gasteiger partial charge in [-0.25, -0.2) is 9.98 Å². The molecule has 1 heterocycles. The number of nitrogens with zero attached hydrogens (tertiary/aromatic N) is 3. The fourth-order valence-corrected chi connectivity index (χ4v) is 3.38. The number of benzene rings is 1. The number of likely N-dealkylation sites (N-methyl/N-ethyl adjacent to an activating group) is 1. The molecule has 0 aliphatic carbocycles. The molecule has 1 aromatic heterocycles. The Labute approximate surface area is 184 Å². The normalized spacial score (nSPS) is 12.6. The predicted octanol–water partition coefficient (Wildman–Crippen LogP) is 3.95. The van der Waals surface area contributed by atoms with Crippen molar-refractivity contribution in [3.63, 3.8) is 0 Å². The molecule has 0 spiro atoms. The molecule has 2 rings (SSSR count). The predicted molar refractivity (Wildman–Crippen MR) is 127 cm³/mol. The van der Waals surface area contributed by atoms with Crippen LogP contribution >= 0.6 is 35.3 Å². The zero-order chi connectivity index (χ0) is 18.9. The first-order valence-electron chi connectivity index (χ1n) is 9.18. The molecule has 1 atom stereocenters. The van der Waals surface area contributed by atoms with Gasteiger partial charge in [0.2, 0.25) is 0 Å². The van der Waals surface area contributed by atoms with Gasteiger partial charge >= 0.3 is 0 Å². The molecule has 0 amide bonds. The van der Waals surface area contributed by atoms with E-state index in [4.69, 9.17) is 0 Å². The van der Waals surface area contributed by atoms with E-state index in [-0.39, 0.29) is 24.0 Å². The second kappa shape index (κ2) is 12.3. The first-order chi connectivity index (χ1) is 12.5. The van der Waals surface area contributed by atoms with E-state index < -0.39 is 0 Å². The van der Waals surface area contributed by atoms with Gasteiger partial charge in [-0.3, -0.25) is 4.90 Å². The van der Waals surface area contributed by atoms with Gasteiger partial charge in [0.1, 0.15) is 5.01 Å². The number of aromatic nitrogens is 1. The number of thiazole rings is 1. The van der Waals surface area contributed by atoms with Crippen molar-refractivity contribution in [2.75, 3.05) is 20.1 Å². The standard InChI is InChI=1S/C20H31N5S.HI/c1-6-21-20(23-13-19-24-16(3)17(4)26-19)22-12-15(2)25(5)14-18-10-8-7-9-11-18;/h7-11,15H,6,12-14H2,1-5H3,(H2,21,22,23);1H. The molecule has 1 aromatic carbocycles. The average molecular weight is 501 g/mol. The SMILES string of the molecule is CCNC(=NCc1nc(C)c(C)s1)NCC(C)N(C)Cc1ccccc1.I. The van der Waals surface area contributed by atoms with Gasteiger partial charge in [0, 0.05) is 30.6 Å². The van der Waals surface area contributed by atoms with Gasteiger partial charge in [0.25, 0.3) is 0 Å². The summed E-state index contributed by atoms with van der Waals surface area (Å²) in [6.45, 7) is 11.7. The Bertz CT molecular complexity index is 682. The largest absolute Gasteiger partial charge is 0.357 e. The Balaban J connectivity index is 0.00000364. The Hall–Kier alpha value is -1.19. The monoisotopic (exact) mass is 501 g/mol. The second-order valence-corrected chi connectivity index (χ2v) is 7.86. The van der Waals surface area contributed by atoms with Crippen molar-refractivity contribution in [3.05, 3.63) is 51.5 Å². The Morgan fingerprint density at radius 1 is 1.22 bits per heavy atom. The molecule has 5 nitrogen and oxygen atoms in total. The smallest absolute Gasteiger partial charge is 0.191 e. The minimum atomic E-state index is 0. The zero-order valence-electron chi connectivity index (χ0n) is 17.0. The number of hydrogen-bond donors (Lipinski definition) is 2. The molecule has 7 heteroatoms. The van der Waals surface area contributed by atoms with Crippen molar-refractivity contribution < 1.29 is 0 Å². The topological polar surface area (TPSA) is 52.6 Å². The Morgan fingerprint density at radius 2 is 1.93 bits per heavy atom. The van der Waals surface area contributed by atoms with Gasteiger partial charge in [-0.1, -0.05) is 30.3 Å². The van der Waals surface area contributed by atoms with Gasteiger partial charge in [0.05, 0.1) is 12.2 Å². The Kier molecular flexibility index (Phi) is 10.9. The molecule has 0 fully saturated rings. The van der Waals surface area contributed by atoms with Crippen molar-refractivity contribution in [2.24, 2.45) is 4.99 Å². The molecule has 27 heavy (non-hydrogen) atoms. The molecule has 2 N–H and O–H groups in total. The highest BCUT2D eigenvalue weighted by atomic mass is 127. The van der Waals surface area contributed by atoms with Crippen LogP contribution in [0.1, 0.15) is 35.0 Å².